The van der Waals surface area contributed by atoms with Crippen molar-refractivity contribution in [2.45, 2.75) is 6.42 Å². The summed E-state index contributed by atoms with van der Waals surface area (Å²) in [6.07, 6.45) is 3.68. The first-order chi connectivity index (χ1) is 7.84. The number of nitrogens with one attached hydrogen (secondary N) is 1. The molecule has 0 aromatic carbocycles. The van der Waals surface area contributed by atoms with Crippen LogP contribution in [0.3, 0.4) is 0 Å². The van der Waals surface area contributed by atoms with Crippen molar-refractivity contribution in [3.8, 4) is 0 Å². The zero-order valence-electron chi connectivity index (χ0n) is 9.06. The van der Waals surface area contributed by atoms with E-state index in [1.54, 1.807) is 6.07 Å². The minimum absolute atomic E-state index is 0.145. The Labute approximate surface area is 94.2 Å². The predicted octanol–water partition coefficient (Wildman–Crippen LogP) is -0.428. The van der Waals surface area contributed by atoms with E-state index in [2.05, 4.69) is 15.5 Å². The van der Waals surface area contributed by atoms with E-state index < -0.39 is 0 Å². The molecule has 6 nitrogen and oxygen atoms in total. The second-order valence-electron chi connectivity index (χ2n) is 3.14. The molecule has 0 atom stereocenters. The summed E-state index contributed by atoms with van der Waals surface area (Å²) in [5, 5.41) is 9.98. The van der Waals surface area contributed by atoms with Crippen LogP contribution in [-0.2, 0) is 4.74 Å². The van der Waals surface area contributed by atoms with Crippen LogP contribution in [0.25, 0.3) is 0 Å². The van der Waals surface area contributed by atoms with Gasteiger partial charge >= 0.3 is 0 Å². The summed E-state index contributed by atoms with van der Waals surface area (Å²) in [6, 6.07) is 1.62. The minimum Gasteiger partial charge on any atom is -0.380 e. The number of amides is 1. The third-order valence-corrected chi connectivity index (χ3v) is 1.86. The van der Waals surface area contributed by atoms with Crippen molar-refractivity contribution in [1.82, 2.24) is 15.5 Å². The van der Waals surface area contributed by atoms with Gasteiger partial charge in [-0.05, 0) is 12.5 Å². The number of ether oxygens (including phenoxy) is 1. The SMILES string of the molecule is NCCOCCCNC(=O)c1ccnnc1. The Morgan fingerprint density at radius 3 is 3.00 bits per heavy atom. The smallest absolute Gasteiger partial charge is 0.252 e. The monoisotopic (exact) mass is 224 g/mol. The van der Waals surface area contributed by atoms with E-state index in [0.29, 0.717) is 31.9 Å². The van der Waals surface area contributed by atoms with Crippen molar-refractivity contribution in [1.29, 1.82) is 0 Å². The number of nitrogens with zero attached hydrogens (tertiary/aromatic N) is 2. The summed E-state index contributed by atoms with van der Waals surface area (Å²) in [7, 11) is 0. The lowest BCUT2D eigenvalue weighted by atomic mass is 10.3. The molecule has 6 heteroatoms. The molecule has 0 fully saturated rings. The van der Waals surface area contributed by atoms with Crippen LogP contribution in [0.15, 0.2) is 18.5 Å². The molecule has 0 saturated carbocycles. The molecule has 0 aliphatic rings. The summed E-state index contributed by atoms with van der Waals surface area (Å²) in [5.74, 6) is -0.145. The molecule has 0 aliphatic carbocycles. The Hall–Kier alpha value is -1.53. The highest BCUT2D eigenvalue weighted by Crippen LogP contribution is 1.93. The van der Waals surface area contributed by atoms with Gasteiger partial charge in [-0.2, -0.15) is 10.2 Å². The Kier molecular flexibility index (Phi) is 6.05. The zero-order chi connectivity index (χ0) is 11.6. The Balaban J connectivity index is 2.12. The summed E-state index contributed by atoms with van der Waals surface area (Å²) in [6.45, 7) is 2.26. The molecular weight excluding hydrogens is 208 g/mol. The van der Waals surface area contributed by atoms with Gasteiger partial charge in [-0.15, -0.1) is 0 Å². The highest BCUT2D eigenvalue weighted by molar-refractivity contribution is 5.93. The van der Waals surface area contributed by atoms with Gasteiger partial charge in [0, 0.05) is 19.7 Å². The van der Waals surface area contributed by atoms with E-state index in [4.69, 9.17) is 10.5 Å². The fourth-order valence-electron chi connectivity index (χ4n) is 1.09. The quantitative estimate of drug-likeness (QED) is 0.613. The molecule has 1 amide bonds. The van der Waals surface area contributed by atoms with Crippen molar-refractivity contribution in [3.63, 3.8) is 0 Å². The van der Waals surface area contributed by atoms with E-state index in [-0.39, 0.29) is 5.91 Å². The number of aromatic nitrogens is 2. The van der Waals surface area contributed by atoms with Gasteiger partial charge in [0.25, 0.3) is 5.91 Å². The maximum atomic E-state index is 11.5. The van der Waals surface area contributed by atoms with Crippen LogP contribution in [0.4, 0.5) is 0 Å². The van der Waals surface area contributed by atoms with Crippen molar-refractivity contribution in [2.75, 3.05) is 26.3 Å². The first-order valence-electron chi connectivity index (χ1n) is 5.17. The highest BCUT2D eigenvalue weighted by atomic mass is 16.5. The standard InChI is InChI=1S/C10H16N4O2/c11-3-7-16-6-1-4-12-10(15)9-2-5-13-14-8-9/h2,5,8H,1,3-4,6-7,11H2,(H,12,15). The Morgan fingerprint density at radius 1 is 1.44 bits per heavy atom. The average molecular weight is 224 g/mol. The molecule has 0 unspecified atom stereocenters. The lowest BCUT2D eigenvalue weighted by molar-refractivity contribution is 0.0942. The van der Waals surface area contributed by atoms with Crippen LogP contribution >= 0.6 is 0 Å². The Morgan fingerprint density at radius 2 is 2.31 bits per heavy atom. The van der Waals surface area contributed by atoms with Gasteiger partial charge in [-0.1, -0.05) is 0 Å². The van der Waals surface area contributed by atoms with Gasteiger partial charge in [0.1, 0.15) is 0 Å². The number of hydrogen-bond donors (Lipinski definition) is 2. The molecule has 0 saturated heterocycles. The van der Waals surface area contributed by atoms with Crippen LogP contribution in [-0.4, -0.2) is 42.4 Å². The maximum absolute atomic E-state index is 11.5. The summed E-state index contributed by atoms with van der Waals surface area (Å²) in [4.78, 5) is 11.5. The minimum atomic E-state index is -0.145. The molecule has 0 bridgehead atoms. The molecule has 1 aromatic rings. The van der Waals surface area contributed by atoms with Gasteiger partial charge in [0.05, 0.1) is 24.6 Å². The fourth-order valence-corrected chi connectivity index (χ4v) is 1.09. The number of carbonyl (C=O) groups excluding carboxylic acids is 1. The van der Waals surface area contributed by atoms with Crippen LogP contribution in [0, 0.1) is 0 Å². The lowest BCUT2D eigenvalue weighted by Gasteiger charge is -2.05. The molecular formula is C10H16N4O2. The van der Waals surface area contributed by atoms with E-state index in [1.807, 2.05) is 0 Å². The third-order valence-electron chi connectivity index (χ3n) is 1.86. The average Bonchev–Trinajstić information content (AvgIpc) is 2.34. The second-order valence-corrected chi connectivity index (χ2v) is 3.14. The summed E-state index contributed by atoms with van der Waals surface area (Å²) >= 11 is 0. The highest BCUT2D eigenvalue weighted by Gasteiger charge is 2.03. The molecule has 1 aromatic heterocycles. The van der Waals surface area contributed by atoms with E-state index >= 15 is 0 Å². The van der Waals surface area contributed by atoms with E-state index in [9.17, 15) is 4.79 Å². The number of hydrogen-bond acceptors (Lipinski definition) is 5. The zero-order valence-corrected chi connectivity index (χ0v) is 9.06. The first kappa shape index (κ1) is 12.5. The second kappa shape index (κ2) is 7.72. The van der Waals surface area contributed by atoms with Crippen molar-refractivity contribution >= 4 is 5.91 Å². The van der Waals surface area contributed by atoms with Crippen LogP contribution in [0.2, 0.25) is 0 Å². The first-order valence-corrected chi connectivity index (χ1v) is 5.17. The van der Waals surface area contributed by atoms with Crippen molar-refractivity contribution in [2.24, 2.45) is 5.73 Å². The van der Waals surface area contributed by atoms with E-state index in [0.717, 1.165) is 6.42 Å². The van der Waals surface area contributed by atoms with Crippen LogP contribution < -0.4 is 11.1 Å². The fraction of sp³-hybridized carbons (Fsp3) is 0.500. The molecule has 3 N–H and O–H groups in total. The van der Waals surface area contributed by atoms with Gasteiger partial charge in [-0.3, -0.25) is 4.79 Å². The van der Waals surface area contributed by atoms with E-state index in [1.165, 1.54) is 12.4 Å². The van der Waals surface area contributed by atoms with Gasteiger partial charge < -0.3 is 15.8 Å². The summed E-state index contributed by atoms with van der Waals surface area (Å²) < 4.78 is 5.17. The summed E-state index contributed by atoms with van der Waals surface area (Å²) in [5.41, 5.74) is 5.77. The van der Waals surface area contributed by atoms with Gasteiger partial charge in [-0.25, -0.2) is 0 Å². The maximum Gasteiger partial charge on any atom is 0.252 e. The van der Waals surface area contributed by atoms with Crippen molar-refractivity contribution in [3.05, 3.63) is 24.0 Å². The molecule has 16 heavy (non-hydrogen) atoms. The molecule has 88 valence electrons. The number of nitrogens with two attached hydrogens (primary N) is 1. The molecule has 0 radical (unpaired) electrons. The molecule has 1 heterocycles. The van der Waals surface area contributed by atoms with Gasteiger partial charge in [0.15, 0.2) is 0 Å². The van der Waals surface area contributed by atoms with Crippen LogP contribution in [0.5, 0.6) is 0 Å². The topological polar surface area (TPSA) is 90.1 Å². The largest absolute Gasteiger partial charge is 0.380 e. The molecule has 1 rings (SSSR count). The Bertz CT molecular complexity index is 305. The normalized spacial score (nSPS) is 10.1. The molecule has 0 aliphatic heterocycles. The van der Waals surface area contributed by atoms with Gasteiger partial charge in [0.2, 0.25) is 0 Å². The molecule has 0 spiro atoms. The number of rotatable bonds is 7. The third kappa shape index (κ3) is 4.81. The number of carbonyl (C=O) groups is 1. The van der Waals surface area contributed by atoms with Crippen molar-refractivity contribution < 1.29 is 9.53 Å². The van der Waals surface area contributed by atoms with Crippen LogP contribution in [0.1, 0.15) is 16.8 Å². The lowest BCUT2D eigenvalue weighted by Crippen LogP contribution is -2.25. The predicted molar refractivity (Wildman–Crippen MR) is 58.9 cm³/mol.